The predicted octanol–water partition coefficient (Wildman–Crippen LogP) is 3.91. The minimum Gasteiger partial charge on any atom is -0.493 e. The molecule has 3 aromatic rings. The van der Waals surface area contributed by atoms with Gasteiger partial charge >= 0.3 is 0 Å². The van der Waals surface area contributed by atoms with E-state index in [-0.39, 0.29) is 18.0 Å². The van der Waals surface area contributed by atoms with Crippen LogP contribution in [0.15, 0.2) is 77.7 Å². The number of hydrogen-bond acceptors (Lipinski definition) is 5. The minimum atomic E-state index is -3.92. The van der Waals surface area contributed by atoms with Gasteiger partial charge in [-0.05, 0) is 53.9 Å². The molecule has 0 unspecified atom stereocenters. The van der Waals surface area contributed by atoms with Gasteiger partial charge in [0.2, 0.25) is 15.9 Å². The lowest BCUT2D eigenvalue weighted by Gasteiger charge is -2.22. The van der Waals surface area contributed by atoms with Crippen molar-refractivity contribution in [1.82, 2.24) is 9.62 Å². The maximum atomic E-state index is 13.3. The van der Waals surface area contributed by atoms with Crippen LogP contribution in [0.25, 0.3) is 0 Å². The van der Waals surface area contributed by atoms with E-state index in [1.54, 1.807) is 20.3 Å². The molecule has 9 heteroatoms. The topological polar surface area (TPSA) is 84.9 Å². The van der Waals surface area contributed by atoms with Crippen LogP contribution in [0, 0.1) is 0 Å². The Morgan fingerprint density at radius 1 is 0.912 bits per heavy atom. The van der Waals surface area contributed by atoms with Crippen LogP contribution in [-0.4, -0.2) is 45.9 Å². The maximum absolute atomic E-state index is 13.3. The van der Waals surface area contributed by atoms with E-state index in [4.69, 9.17) is 21.1 Å². The van der Waals surface area contributed by atoms with Gasteiger partial charge in [-0.2, -0.15) is 4.31 Å². The van der Waals surface area contributed by atoms with E-state index in [9.17, 15) is 13.2 Å². The summed E-state index contributed by atoms with van der Waals surface area (Å²) in [6.07, 6.45) is 0.550. The highest BCUT2D eigenvalue weighted by molar-refractivity contribution is 7.89. The number of carbonyl (C=O) groups excluding carboxylic acids is 1. The summed E-state index contributed by atoms with van der Waals surface area (Å²) in [5, 5.41) is 3.24. The van der Waals surface area contributed by atoms with Crippen molar-refractivity contribution in [3.63, 3.8) is 0 Å². The molecule has 3 rings (SSSR count). The normalized spacial score (nSPS) is 11.3. The number of carbonyl (C=O) groups is 1. The maximum Gasteiger partial charge on any atom is 0.243 e. The van der Waals surface area contributed by atoms with Crippen LogP contribution in [0.3, 0.4) is 0 Å². The molecule has 0 saturated carbocycles. The fourth-order valence-corrected chi connectivity index (χ4v) is 4.88. The van der Waals surface area contributed by atoms with Crippen LogP contribution in [-0.2, 0) is 27.8 Å². The first-order valence-electron chi connectivity index (χ1n) is 10.6. The number of benzene rings is 3. The van der Waals surface area contributed by atoms with E-state index >= 15 is 0 Å². The SMILES string of the molecule is COc1ccc(CCNC(=O)CN(Cc2ccccc2)S(=O)(=O)c2ccc(Cl)cc2)cc1OC. The summed E-state index contributed by atoms with van der Waals surface area (Å²) in [6.45, 7) is 0.0924. The molecule has 3 aromatic carbocycles. The molecule has 1 N–H and O–H groups in total. The number of ether oxygens (including phenoxy) is 2. The standard InChI is InChI=1S/C25H27ClN2O5S/c1-32-23-13-8-19(16-24(23)33-2)14-15-27-25(29)18-28(17-20-6-4-3-5-7-20)34(30,31)22-11-9-21(26)10-12-22/h3-13,16H,14-15,17-18H2,1-2H3,(H,27,29). The first kappa shape index (κ1) is 25.6. The summed E-state index contributed by atoms with van der Waals surface area (Å²) in [7, 11) is -0.794. The van der Waals surface area contributed by atoms with Crippen molar-refractivity contribution in [1.29, 1.82) is 0 Å². The summed E-state index contributed by atoms with van der Waals surface area (Å²) in [5.41, 5.74) is 1.73. The van der Waals surface area contributed by atoms with Gasteiger partial charge in [0.25, 0.3) is 0 Å². The van der Waals surface area contributed by atoms with E-state index < -0.39 is 15.9 Å². The molecule has 0 fully saturated rings. The van der Waals surface area contributed by atoms with Crippen LogP contribution in [0.2, 0.25) is 5.02 Å². The first-order chi connectivity index (χ1) is 16.3. The number of rotatable bonds is 11. The van der Waals surface area contributed by atoms with E-state index in [0.717, 1.165) is 15.4 Å². The molecule has 0 spiro atoms. The van der Waals surface area contributed by atoms with Crippen molar-refractivity contribution in [2.24, 2.45) is 0 Å². The molecule has 7 nitrogen and oxygen atoms in total. The van der Waals surface area contributed by atoms with Gasteiger partial charge in [0.15, 0.2) is 11.5 Å². The second kappa shape index (κ2) is 11.9. The predicted molar refractivity (Wildman–Crippen MR) is 132 cm³/mol. The average Bonchev–Trinajstić information content (AvgIpc) is 2.84. The second-order valence-electron chi connectivity index (χ2n) is 7.50. The number of nitrogens with zero attached hydrogens (tertiary/aromatic N) is 1. The highest BCUT2D eigenvalue weighted by atomic mass is 35.5. The van der Waals surface area contributed by atoms with Gasteiger partial charge in [-0.3, -0.25) is 4.79 Å². The molecule has 0 aromatic heterocycles. The Morgan fingerprint density at radius 2 is 1.59 bits per heavy atom. The Kier molecular flexibility index (Phi) is 8.92. The lowest BCUT2D eigenvalue weighted by molar-refractivity contribution is -0.121. The second-order valence-corrected chi connectivity index (χ2v) is 9.88. The van der Waals surface area contributed by atoms with Crippen LogP contribution in [0.4, 0.5) is 0 Å². The number of hydrogen-bond donors (Lipinski definition) is 1. The number of nitrogens with one attached hydrogen (secondary N) is 1. The van der Waals surface area contributed by atoms with Gasteiger partial charge < -0.3 is 14.8 Å². The van der Waals surface area contributed by atoms with Gasteiger partial charge in [0, 0.05) is 18.1 Å². The Labute approximate surface area is 205 Å². The van der Waals surface area contributed by atoms with Gasteiger partial charge in [-0.15, -0.1) is 0 Å². The third kappa shape index (κ3) is 6.72. The Hall–Kier alpha value is -3.07. The van der Waals surface area contributed by atoms with Crippen molar-refractivity contribution >= 4 is 27.5 Å². The summed E-state index contributed by atoms with van der Waals surface area (Å²) in [4.78, 5) is 12.8. The summed E-state index contributed by atoms with van der Waals surface area (Å²) in [6, 6.07) is 20.6. The largest absolute Gasteiger partial charge is 0.493 e. The molecular formula is C25H27ClN2O5S. The molecule has 0 aliphatic rings. The third-order valence-electron chi connectivity index (χ3n) is 5.16. The number of halogens is 1. The third-order valence-corrected chi connectivity index (χ3v) is 7.21. The molecule has 0 heterocycles. The van der Waals surface area contributed by atoms with Crippen molar-refractivity contribution in [2.75, 3.05) is 27.3 Å². The highest BCUT2D eigenvalue weighted by Gasteiger charge is 2.27. The molecular weight excluding hydrogens is 476 g/mol. The number of amides is 1. The number of methoxy groups -OCH3 is 2. The number of sulfonamides is 1. The molecule has 0 saturated heterocycles. The zero-order valence-electron chi connectivity index (χ0n) is 19.0. The van der Waals surface area contributed by atoms with Gasteiger partial charge in [0.05, 0.1) is 25.7 Å². The molecule has 34 heavy (non-hydrogen) atoms. The molecule has 0 radical (unpaired) electrons. The molecule has 180 valence electrons. The van der Waals surface area contributed by atoms with Crippen LogP contribution in [0.1, 0.15) is 11.1 Å². The van der Waals surface area contributed by atoms with Gasteiger partial charge in [-0.25, -0.2) is 8.42 Å². The van der Waals surface area contributed by atoms with E-state index in [2.05, 4.69) is 5.32 Å². The van der Waals surface area contributed by atoms with Crippen molar-refractivity contribution in [3.05, 3.63) is 88.9 Å². The van der Waals surface area contributed by atoms with Crippen LogP contribution < -0.4 is 14.8 Å². The lowest BCUT2D eigenvalue weighted by atomic mass is 10.1. The Balaban J connectivity index is 1.69. The van der Waals surface area contributed by atoms with E-state index in [0.29, 0.717) is 29.5 Å². The zero-order valence-corrected chi connectivity index (χ0v) is 20.6. The summed E-state index contributed by atoms with van der Waals surface area (Å²) >= 11 is 5.91. The fraction of sp³-hybridized carbons (Fsp3) is 0.240. The Bertz CT molecular complexity index is 1200. The molecule has 0 aliphatic heterocycles. The zero-order chi connectivity index (χ0) is 24.6. The highest BCUT2D eigenvalue weighted by Crippen LogP contribution is 2.27. The molecule has 0 aliphatic carbocycles. The minimum absolute atomic E-state index is 0.0644. The smallest absolute Gasteiger partial charge is 0.243 e. The quantitative estimate of drug-likeness (QED) is 0.430. The fourth-order valence-electron chi connectivity index (χ4n) is 3.37. The molecule has 0 bridgehead atoms. The summed E-state index contributed by atoms with van der Waals surface area (Å²) < 4.78 is 38.3. The molecule has 1 amide bonds. The van der Waals surface area contributed by atoms with Crippen molar-refractivity contribution in [3.8, 4) is 11.5 Å². The first-order valence-corrected chi connectivity index (χ1v) is 12.4. The van der Waals surface area contributed by atoms with E-state index in [1.807, 2.05) is 42.5 Å². The van der Waals surface area contributed by atoms with Gasteiger partial charge in [0.1, 0.15) is 0 Å². The summed E-state index contributed by atoms with van der Waals surface area (Å²) in [5.74, 6) is 0.836. The monoisotopic (exact) mass is 502 g/mol. The molecule has 0 atom stereocenters. The van der Waals surface area contributed by atoms with Crippen LogP contribution in [0.5, 0.6) is 11.5 Å². The van der Waals surface area contributed by atoms with Crippen molar-refractivity contribution in [2.45, 2.75) is 17.9 Å². The average molecular weight is 503 g/mol. The van der Waals surface area contributed by atoms with Crippen LogP contribution >= 0.6 is 11.6 Å². The van der Waals surface area contributed by atoms with Crippen molar-refractivity contribution < 1.29 is 22.7 Å². The lowest BCUT2D eigenvalue weighted by Crippen LogP contribution is -2.40. The Morgan fingerprint density at radius 3 is 2.24 bits per heavy atom. The van der Waals surface area contributed by atoms with E-state index in [1.165, 1.54) is 24.3 Å². The van der Waals surface area contributed by atoms with Gasteiger partial charge in [-0.1, -0.05) is 48.0 Å².